The molecule has 2 N–H and O–H groups in total. The predicted octanol–water partition coefficient (Wildman–Crippen LogP) is 3.48. The van der Waals surface area contributed by atoms with Crippen molar-refractivity contribution in [3.63, 3.8) is 0 Å². The third-order valence-corrected chi connectivity index (χ3v) is 4.43. The second kappa shape index (κ2) is 5.31. The van der Waals surface area contributed by atoms with Crippen molar-refractivity contribution in [2.45, 2.75) is 57.4 Å². The van der Waals surface area contributed by atoms with E-state index in [1.807, 2.05) is 6.07 Å². The van der Waals surface area contributed by atoms with E-state index in [0.29, 0.717) is 11.8 Å². The monoisotopic (exact) mass is 245 g/mol. The molecule has 0 bridgehead atoms. The van der Waals surface area contributed by atoms with Crippen LogP contribution in [0.1, 0.15) is 61.3 Å². The van der Waals surface area contributed by atoms with Crippen LogP contribution < -0.4 is 5.32 Å². The van der Waals surface area contributed by atoms with E-state index < -0.39 is 0 Å². The summed E-state index contributed by atoms with van der Waals surface area (Å²) >= 11 is 0. The fourth-order valence-corrected chi connectivity index (χ4v) is 3.36. The van der Waals surface area contributed by atoms with Crippen molar-refractivity contribution in [2.24, 2.45) is 0 Å². The van der Waals surface area contributed by atoms with Crippen LogP contribution in [-0.2, 0) is 12.8 Å². The topological polar surface area (TPSA) is 32.3 Å². The fourth-order valence-electron chi connectivity index (χ4n) is 3.36. The molecule has 1 atom stereocenters. The molecule has 0 amide bonds. The molecule has 0 aromatic heterocycles. The van der Waals surface area contributed by atoms with E-state index in [9.17, 15) is 5.11 Å². The minimum absolute atomic E-state index is 0.368. The number of aryl methyl sites for hydroxylation is 2. The van der Waals surface area contributed by atoms with Crippen LogP contribution in [0.2, 0.25) is 0 Å². The van der Waals surface area contributed by atoms with Crippen LogP contribution in [0.25, 0.3) is 0 Å². The molecule has 1 unspecified atom stereocenters. The zero-order valence-electron chi connectivity index (χ0n) is 11.0. The largest absolute Gasteiger partial charge is 0.508 e. The molecule has 0 saturated carbocycles. The smallest absolute Gasteiger partial charge is 0.120 e. The maximum absolute atomic E-state index is 10.3. The highest BCUT2D eigenvalue weighted by Crippen LogP contribution is 2.34. The van der Waals surface area contributed by atoms with Crippen LogP contribution in [-0.4, -0.2) is 11.7 Å². The third kappa shape index (κ3) is 2.39. The highest BCUT2D eigenvalue weighted by Gasteiger charge is 2.20. The standard InChI is InChI=1S/C16H23NO/c18-16-11-13-7-3-1-2-6-12(13)10-14(16)15-8-4-5-9-17-15/h10-11,15,17-18H,1-9H2. The average molecular weight is 245 g/mol. The lowest BCUT2D eigenvalue weighted by atomic mass is 9.92. The van der Waals surface area contributed by atoms with Gasteiger partial charge >= 0.3 is 0 Å². The van der Waals surface area contributed by atoms with Gasteiger partial charge in [-0.25, -0.2) is 0 Å². The minimum atomic E-state index is 0.368. The van der Waals surface area contributed by atoms with Crippen LogP contribution in [0.4, 0.5) is 0 Å². The average Bonchev–Trinajstić information content (AvgIpc) is 2.63. The Labute approximate surface area is 109 Å². The third-order valence-electron chi connectivity index (χ3n) is 4.43. The van der Waals surface area contributed by atoms with Crippen molar-refractivity contribution in [1.29, 1.82) is 0 Å². The Kier molecular flexibility index (Phi) is 3.55. The number of hydrogen-bond acceptors (Lipinski definition) is 2. The maximum Gasteiger partial charge on any atom is 0.120 e. The number of benzene rings is 1. The van der Waals surface area contributed by atoms with E-state index in [4.69, 9.17) is 0 Å². The zero-order valence-corrected chi connectivity index (χ0v) is 11.0. The molecule has 1 aromatic rings. The number of aromatic hydroxyl groups is 1. The second-order valence-electron chi connectivity index (χ2n) is 5.74. The first-order valence-corrected chi connectivity index (χ1v) is 7.42. The van der Waals surface area contributed by atoms with E-state index >= 15 is 0 Å². The van der Waals surface area contributed by atoms with Crippen LogP contribution in [0.3, 0.4) is 0 Å². The SMILES string of the molecule is Oc1cc2c(cc1C1CCCCN1)CCCCC2. The van der Waals surface area contributed by atoms with Gasteiger partial charge in [-0.1, -0.05) is 18.9 Å². The molecular formula is C16H23NO. The molecule has 1 aliphatic carbocycles. The summed E-state index contributed by atoms with van der Waals surface area (Å²) in [5, 5.41) is 13.8. The molecule has 0 spiro atoms. The molecule has 98 valence electrons. The van der Waals surface area contributed by atoms with Crippen molar-refractivity contribution < 1.29 is 5.11 Å². The van der Waals surface area contributed by atoms with E-state index in [1.54, 1.807) is 0 Å². The van der Waals surface area contributed by atoms with Gasteiger partial charge < -0.3 is 10.4 Å². The molecule has 3 rings (SSSR count). The van der Waals surface area contributed by atoms with Gasteiger partial charge in [-0.2, -0.15) is 0 Å². The minimum Gasteiger partial charge on any atom is -0.508 e. The molecule has 1 aromatic carbocycles. The summed E-state index contributed by atoms with van der Waals surface area (Å²) in [5.41, 5.74) is 3.99. The Morgan fingerprint density at radius 1 is 0.944 bits per heavy atom. The quantitative estimate of drug-likeness (QED) is 0.742. The molecule has 1 aliphatic heterocycles. The Balaban J connectivity index is 1.92. The Morgan fingerprint density at radius 2 is 1.72 bits per heavy atom. The summed E-state index contributed by atoms with van der Waals surface area (Å²) in [5.74, 6) is 0.509. The van der Waals surface area contributed by atoms with Crippen molar-refractivity contribution in [3.8, 4) is 5.75 Å². The number of phenols is 1. The fraction of sp³-hybridized carbons (Fsp3) is 0.625. The molecule has 0 radical (unpaired) electrons. The van der Waals surface area contributed by atoms with Crippen molar-refractivity contribution in [1.82, 2.24) is 5.32 Å². The highest BCUT2D eigenvalue weighted by atomic mass is 16.3. The second-order valence-corrected chi connectivity index (χ2v) is 5.74. The summed E-state index contributed by atoms with van der Waals surface area (Å²) < 4.78 is 0. The molecule has 1 fully saturated rings. The summed E-state index contributed by atoms with van der Waals surface area (Å²) in [7, 11) is 0. The number of fused-ring (bicyclic) bond motifs is 1. The van der Waals surface area contributed by atoms with Gasteiger partial charge in [0.25, 0.3) is 0 Å². The zero-order chi connectivity index (χ0) is 12.4. The van der Waals surface area contributed by atoms with Gasteiger partial charge in [-0.15, -0.1) is 0 Å². The normalized spacial score (nSPS) is 24.3. The van der Waals surface area contributed by atoms with Gasteiger partial charge in [-0.05, 0) is 62.3 Å². The van der Waals surface area contributed by atoms with Crippen LogP contribution >= 0.6 is 0 Å². The number of hydrogen-bond donors (Lipinski definition) is 2. The first-order valence-electron chi connectivity index (χ1n) is 7.42. The summed E-state index contributed by atoms with van der Waals surface area (Å²) in [6.45, 7) is 1.08. The van der Waals surface area contributed by atoms with Gasteiger partial charge in [0, 0.05) is 11.6 Å². The first kappa shape index (κ1) is 12.0. The van der Waals surface area contributed by atoms with Crippen molar-refractivity contribution in [2.75, 3.05) is 6.54 Å². The maximum atomic E-state index is 10.3. The van der Waals surface area contributed by atoms with Crippen LogP contribution in [0.5, 0.6) is 5.75 Å². The van der Waals surface area contributed by atoms with Gasteiger partial charge in [0.2, 0.25) is 0 Å². The summed E-state index contributed by atoms with van der Waals surface area (Å²) in [4.78, 5) is 0. The molecule has 1 heterocycles. The summed E-state index contributed by atoms with van der Waals surface area (Å²) in [6, 6.07) is 4.68. The van der Waals surface area contributed by atoms with Gasteiger partial charge in [-0.3, -0.25) is 0 Å². The van der Waals surface area contributed by atoms with Gasteiger partial charge in [0.15, 0.2) is 0 Å². The van der Waals surface area contributed by atoms with E-state index in [-0.39, 0.29) is 0 Å². The molecule has 2 aliphatic rings. The van der Waals surface area contributed by atoms with E-state index in [1.165, 1.54) is 49.7 Å². The summed E-state index contributed by atoms with van der Waals surface area (Å²) in [6.07, 6.45) is 9.93. The first-order chi connectivity index (χ1) is 8.84. The van der Waals surface area contributed by atoms with Crippen LogP contribution in [0, 0.1) is 0 Å². The van der Waals surface area contributed by atoms with E-state index in [0.717, 1.165) is 24.9 Å². The number of nitrogens with one attached hydrogen (secondary N) is 1. The Hall–Kier alpha value is -1.02. The lowest BCUT2D eigenvalue weighted by Crippen LogP contribution is -2.27. The predicted molar refractivity (Wildman–Crippen MR) is 74.0 cm³/mol. The molecule has 2 heteroatoms. The highest BCUT2D eigenvalue weighted by molar-refractivity contribution is 5.44. The lowest BCUT2D eigenvalue weighted by molar-refractivity contribution is 0.390. The van der Waals surface area contributed by atoms with Crippen LogP contribution in [0.15, 0.2) is 12.1 Å². The van der Waals surface area contributed by atoms with Gasteiger partial charge in [0.05, 0.1) is 0 Å². The molecule has 1 saturated heterocycles. The van der Waals surface area contributed by atoms with Crippen molar-refractivity contribution >= 4 is 0 Å². The van der Waals surface area contributed by atoms with Crippen molar-refractivity contribution in [3.05, 3.63) is 28.8 Å². The van der Waals surface area contributed by atoms with E-state index in [2.05, 4.69) is 11.4 Å². The lowest BCUT2D eigenvalue weighted by Gasteiger charge is -2.25. The number of rotatable bonds is 1. The molecular weight excluding hydrogens is 222 g/mol. The van der Waals surface area contributed by atoms with Gasteiger partial charge in [0.1, 0.15) is 5.75 Å². The number of piperidine rings is 1. The molecule has 18 heavy (non-hydrogen) atoms. The Morgan fingerprint density at radius 3 is 2.44 bits per heavy atom. The molecule has 2 nitrogen and oxygen atoms in total. The Bertz CT molecular complexity index is 421. The number of phenolic OH excluding ortho intramolecular Hbond substituents is 1.